The quantitative estimate of drug-likeness (QED) is 0.856. The molecule has 98 valence electrons. The Morgan fingerprint density at radius 3 is 3.06 bits per heavy atom. The summed E-state index contributed by atoms with van der Waals surface area (Å²) in [6, 6.07) is 3.84. The molecular formula is C14H21N3O. The summed E-state index contributed by atoms with van der Waals surface area (Å²) in [4.78, 5) is 16.7. The molecule has 1 aromatic heterocycles. The highest BCUT2D eigenvalue weighted by Gasteiger charge is 2.40. The van der Waals surface area contributed by atoms with Crippen LogP contribution in [-0.4, -0.2) is 24.0 Å². The maximum Gasteiger partial charge on any atom is 0.233 e. The molecule has 1 saturated heterocycles. The van der Waals surface area contributed by atoms with E-state index in [1.165, 1.54) is 0 Å². The number of carbonyl (C=O) groups is 1. The van der Waals surface area contributed by atoms with Crippen LogP contribution in [0.15, 0.2) is 18.3 Å². The van der Waals surface area contributed by atoms with Crippen LogP contribution in [0.3, 0.4) is 0 Å². The number of anilines is 1. The van der Waals surface area contributed by atoms with E-state index in [-0.39, 0.29) is 11.3 Å². The number of carbonyl (C=O) groups excluding carboxylic acids is 1. The summed E-state index contributed by atoms with van der Waals surface area (Å²) in [5.41, 5.74) is 0.752. The predicted molar refractivity (Wildman–Crippen MR) is 72.4 cm³/mol. The molecule has 1 fully saturated rings. The van der Waals surface area contributed by atoms with Crippen LogP contribution in [-0.2, 0) is 4.79 Å². The summed E-state index contributed by atoms with van der Waals surface area (Å²) in [5.74, 6) is 0.793. The number of rotatable bonds is 4. The van der Waals surface area contributed by atoms with Gasteiger partial charge in [0.25, 0.3) is 0 Å². The third-order valence-electron chi connectivity index (χ3n) is 3.70. The van der Waals surface area contributed by atoms with Crippen molar-refractivity contribution in [2.75, 3.05) is 18.4 Å². The second-order valence-electron chi connectivity index (χ2n) is 5.08. The highest BCUT2D eigenvalue weighted by molar-refractivity contribution is 5.95. The second-order valence-corrected chi connectivity index (χ2v) is 5.08. The van der Waals surface area contributed by atoms with Crippen LogP contribution in [0.2, 0.25) is 0 Å². The summed E-state index contributed by atoms with van der Waals surface area (Å²) in [6.45, 7) is 5.79. The molecule has 0 bridgehead atoms. The fraction of sp³-hybridized carbons (Fsp3) is 0.571. The fourth-order valence-electron chi connectivity index (χ4n) is 2.60. The molecular weight excluding hydrogens is 226 g/mol. The zero-order valence-corrected chi connectivity index (χ0v) is 11.1. The lowest BCUT2D eigenvalue weighted by atomic mass is 9.81. The third kappa shape index (κ3) is 2.53. The lowest BCUT2D eigenvalue weighted by Gasteiger charge is -2.26. The molecule has 2 heterocycles. The zero-order valence-electron chi connectivity index (χ0n) is 11.1. The third-order valence-corrected chi connectivity index (χ3v) is 3.70. The number of hydrogen-bond acceptors (Lipinski definition) is 3. The molecule has 1 aliphatic heterocycles. The van der Waals surface area contributed by atoms with Crippen LogP contribution in [0.1, 0.15) is 31.7 Å². The lowest BCUT2D eigenvalue weighted by molar-refractivity contribution is -0.125. The minimum absolute atomic E-state index is 0.108. The number of nitrogens with zero attached hydrogens (tertiary/aromatic N) is 1. The largest absolute Gasteiger partial charge is 0.316 e. The van der Waals surface area contributed by atoms with E-state index in [9.17, 15) is 4.79 Å². The molecule has 1 aliphatic rings. The van der Waals surface area contributed by atoms with Gasteiger partial charge in [0, 0.05) is 12.7 Å². The van der Waals surface area contributed by atoms with Crippen molar-refractivity contribution in [3.63, 3.8) is 0 Å². The number of aromatic nitrogens is 1. The average molecular weight is 247 g/mol. The van der Waals surface area contributed by atoms with E-state index in [1.54, 1.807) is 6.20 Å². The lowest BCUT2D eigenvalue weighted by Crippen LogP contribution is -2.38. The molecule has 0 spiro atoms. The molecule has 1 unspecified atom stereocenters. The van der Waals surface area contributed by atoms with Crippen molar-refractivity contribution < 1.29 is 4.79 Å². The maximum atomic E-state index is 12.5. The Hall–Kier alpha value is -1.42. The van der Waals surface area contributed by atoms with Crippen molar-refractivity contribution >= 4 is 11.7 Å². The Morgan fingerprint density at radius 1 is 1.61 bits per heavy atom. The van der Waals surface area contributed by atoms with Gasteiger partial charge < -0.3 is 10.6 Å². The molecule has 0 radical (unpaired) electrons. The Labute approximate surface area is 108 Å². The Bertz CT molecular complexity index is 425. The molecule has 0 aliphatic carbocycles. The van der Waals surface area contributed by atoms with Gasteiger partial charge in [0.05, 0.1) is 5.41 Å². The van der Waals surface area contributed by atoms with E-state index >= 15 is 0 Å². The monoisotopic (exact) mass is 247 g/mol. The summed E-state index contributed by atoms with van der Waals surface area (Å²) in [6.07, 6.45) is 4.58. The second kappa shape index (κ2) is 5.48. The van der Waals surface area contributed by atoms with Gasteiger partial charge >= 0.3 is 0 Å². The molecule has 0 aromatic carbocycles. The molecule has 4 heteroatoms. The van der Waals surface area contributed by atoms with Crippen molar-refractivity contribution in [1.82, 2.24) is 10.3 Å². The fourth-order valence-corrected chi connectivity index (χ4v) is 2.60. The first-order valence-corrected chi connectivity index (χ1v) is 6.62. The summed E-state index contributed by atoms with van der Waals surface area (Å²) < 4.78 is 0. The minimum atomic E-state index is -0.251. The maximum absolute atomic E-state index is 12.5. The molecule has 1 amide bonds. The van der Waals surface area contributed by atoms with Crippen LogP contribution < -0.4 is 10.6 Å². The topological polar surface area (TPSA) is 54.0 Å². The summed E-state index contributed by atoms with van der Waals surface area (Å²) >= 11 is 0. The van der Waals surface area contributed by atoms with Crippen molar-refractivity contribution in [1.29, 1.82) is 0 Å². The first-order valence-electron chi connectivity index (χ1n) is 6.62. The number of aryl methyl sites for hydroxylation is 1. The highest BCUT2D eigenvalue weighted by Crippen LogP contribution is 2.32. The van der Waals surface area contributed by atoms with E-state index in [4.69, 9.17) is 0 Å². The van der Waals surface area contributed by atoms with Gasteiger partial charge in [-0.05, 0) is 37.9 Å². The van der Waals surface area contributed by atoms with E-state index < -0.39 is 0 Å². The standard InChI is InChI=1S/C14H21N3O/c1-3-6-14(7-9-15-10-14)13(18)17-12-11(2)5-4-8-16-12/h4-5,8,15H,3,6-7,9-10H2,1-2H3,(H,16,17,18). The van der Waals surface area contributed by atoms with Gasteiger partial charge in [-0.2, -0.15) is 0 Å². The van der Waals surface area contributed by atoms with E-state index in [0.29, 0.717) is 5.82 Å². The number of hydrogen-bond donors (Lipinski definition) is 2. The zero-order chi connectivity index (χ0) is 13.0. The molecule has 4 nitrogen and oxygen atoms in total. The van der Waals surface area contributed by atoms with Crippen LogP contribution in [0, 0.1) is 12.3 Å². The first kappa shape index (κ1) is 13.0. The average Bonchev–Trinajstić information content (AvgIpc) is 2.82. The molecule has 2 N–H and O–H groups in total. The van der Waals surface area contributed by atoms with Crippen molar-refractivity contribution in [2.45, 2.75) is 33.1 Å². The van der Waals surface area contributed by atoms with Crippen molar-refractivity contribution in [3.05, 3.63) is 23.9 Å². The number of amides is 1. The van der Waals surface area contributed by atoms with Crippen molar-refractivity contribution in [3.8, 4) is 0 Å². The van der Waals surface area contributed by atoms with Gasteiger partial charge in [-0.1, -0.05) is 19.4 Å². The first-order chi connectivity index (χ1) is 8.68. The Morgan fingerprint density at radius 2 is 2.44 bits per heavy atom. The predicted octanol–water partition coefficient (Wildman–Crippen LogP) is 2.11. The molecule has 1 atom stereocenters. The van der Waals surface area contributed by atoms with Gasteiger partial charge in [0.1, 0.15) is 5.82 Å². The number of nitrogens with one attached hydrogen (secondary N) is 2. The van der Waals surface area contributed by atoms with Gasteiger partial charge in [-0.15, -0.1) is 0 Å². The van der Waals surface area contributed by atoms with E-state index in [2.05, 4.69) is 22.5 Å². The van der Waals surface area contributed by atoms with Gasteiger partial charge in [-0.3, -0.25) is 4.79 Å². The smallest absolute Gasteiger partial charge is 0.233 e. The van der Waals surface area contributed by atoms with Crippen molar-refractivity contribution in [2.24, 2.45) is 5.41 Å². The molecule has 18 heavy (non-hydrogen) atoms. The minimum Gasteiger partial charge on any atom is -0.316 e. The SMILES string of the molecule is CCCC1(C(=O)Nc2ncccc2C)CCNC1. The van der Waals surface area contributed by atoms with Gasteiger partial charge in [0.15, 0.2) is 0 Å². The van der Waals surface area contributed by atoms with Crippen LogP contribution in [0.4, 0.5) is 5.82 Å². The van der Waals surface area contributed by atoms with Gasteiger partial charge in [-0.25, -0.2) is 4.98 Å². The molecule has 1 aromatic rings. The van der Waals surface area contributed by atoms with E-state index in [1.807, 2.05) is 19.1 Å². The highest BCUT2D eigenvalue weighted by atomic mass is 16.2. The normalized spacial score (nSPS) is 23.0. The Kier molecular flexibility index (Phi) is 3.97. The summed E-state index contributed by atoms with van der Waals surface area (Å²) in [7, 11) is 0. The van der Waals surface area contributed by atoms with Crippen LogP contribution >= 0.6 is 0 Å². The Balaban J connectivity index is 2.13. The van der Waals surface area contributed by atoms with Crippen LogP contribution in [0.5, 0.6) is 0 Å². The van der Waals surface area contributed by atoms with Crippen LogP contribution in [0.25, 0.3) is 0 Å². The molecule has 2 rings (SSSR count). The van der Waals surface area contributed by atoms with Gasteiger partial charge in [0.2, 0.25) is 5.91 Å². The summed E-state index contributed by atoms with van der Waals surface area (Å²) in [5, 5.41) is 6.29. The number of pyridine rings is 1. The van der Waals surface area contributed by atoms with E-state index in [0.717, 1.165) is 37.9 Å². The molecule has 0 saturated carbocycles.